The molecule has 19 heavy (non-hydrogen) atoms. The molecule has 5 heteroatoms. The Hall–Kier alpha value is -2.01. The lowest BCUT2D eigenvalue weighted by Gasteiger charge is -2.14. The number of thioether (sulfide) groups is 1. The van der Waals surface area contributed by atoms with Crippen molar-refractivity contribution in [1.29, 1.82) is 0 Å². The van der Waals surface area contributed by atoms with Crippen molar-refractivity contribution in [3.05, 3.63) is 70.3 Å². The summed E-state index contributed by atoms with van der Waals surface area (Å²) >= 11 is 1.43. The van der Waals surface area contributed by atoms with E-state index in [9.17, 15) is 10.1 Å². The third-order valence-electron chi connectivity index (χ3n) is 2.67. The number of nitrogens with two attached hydrogens (primary N) is 1. The number of hydrogen-bond acceptors (Lipinski definition) is 4. The van der Waals surface area contributed by atoms with Gasteiger partial charge in [-0.3, -0.25) is 10.1 Å². The number of rotatable bonds is 5. The summed E-state index contributed by atoms with van der Waals surface area (Å²) in [6.07, 6.45) is 0. The van der Waals surface area contributed by atoms with Gasteiger partial charge in [-0.05, 0) is 17.7 Å². The van der Waals surface area contributed by atoms with Gasteiger partial charge in [-0.2, -0.15) is 0 Å². The Balaban J connectivity index is 2.24. The Labute approximate surface area is 115 Å². The molecule has 0 fully saturated rings. The lowest BCUT2D eigenvalue weighted by Crippen LogP contribution is -2.10. The van der Waals surface area contributed by atoms with Crippen LogP contribution < -0.4 is 5.73 Å². The van der Waals surface area contributed by atoms with E-state index in [1.54, 1.807) is 6.07 Å². The fraction of sp³-hybridized carbons (Fsp3) is 0.143. The monoisotopic (exact) mass is 274 g/mol. The van der Waals surface area contributed by atoms with Gasteiger partial charge in [0.05, 0.1) is 5.25 Å². The van der Waals surface area contributed by atoms with Crippen molar-refractivity contribution < 1.29 is 4.92 Å². The van der Waals surface area contributed by atoms with Crippen LogP contribution >= 0.6 is 11.8 Å². The molecule has 0 aliphatic heterocycles. The number of nitro groups is 1. The maximum atomic E-state index is 10.8. The van der Waals surface area contributed by atoms with E-state index in [1.807, 2.05) is 48.5 Å². The van der Waals surface area contributed by atoms with Gasteiger partial charge in [0.1, 0.15) is 0 Å². The van der Waals surface area contributed by atoms with Gasteiger partial charge in [-0.1, -0.05) is 42.5 Å². The lowest BCUT2D eigenvalue weighted by atomic mass is 10.1. The molecule has 0 spiro atoms. The van der Waals surface area contributed by atoms with Crippen molar-refractivity contribution in [3.8, 4) is 0 Å². The summed E-state index contributed by atoms with van der Waals surface area (Å²) in [7, 11) is 0. The Bertz CT molecular complexity index is 560. The van der Waals surface area contributed by atoms with E-state index in [2.05, 4.69) is 0 Å². The van der Waals surface area contributed by atoms with Crippen molar-refractivity contribution in [3.63, 3.8) is 0 Å². The molecule has 1 atom stereocenters. The number of anilines is 1. The van der Waals surface area contributed by atoms with E-state index in [1.165, 1.54) is 11.8 Å². The quantitative estimate of drug-likeness (QED) is 0.393. The van der Waals surface area contributed by atoms with Crippen LogP contribution in [0.1, 0.15) is 10.8 Å². The van der Waals surface area contributed by atoms with Crippen LogP contribution in [0.3, 0.4) is 0 Å². The zero-order chi connectivity index (χ0) is 13.7. The largest absolute Gasteiger partial charge is 0.398 e. The minimum absolute atomic E-state index is 0.122. The fourth-order valence-corrected chi connectivity index (χ4v) is 2.91. The van der Waals surface area contributed by atoms with E-state index >= 15 is 0 Å². The van der Waals surface area contributed by atoms with Crippen molar-refractivity contribution in [2.75, 3.05) is 12.3 Å². The van der Waals surface area contributed by atoms with E-state index in [0.29, 0.717) is 5.69 Å². The SMILES string of the molecule is Nc1ccccc1S[C@@H](C[N+](=O)[O-])c1ccccc1. The predicted molar refractivity (Wildman–Crippen MR) is 77.8 cm³/mol. The third-order valence-corrected chi connectivity index (χ3v) is 4.01. The molecule has 0 saturated heterocycles. The van der Waals surface area contributed by atoms with Crippen LogP contribution in [0.4, 0.5) is 5.69 Å². The highest BCUT2D eigenvalue weighted by atomic mass is 32.2. The van der Waals surface area contributed by atoms with Crippen LogP contribution in [-0.2, 0) is 0 Å². The minimum atomic E-state index is -0.288. The molecule has 0 aliphatic carbocycles. The minimum Gasteiger partial charge on any atom is -0.398 e. The molecular formula is C14H14N2O2S. The van der Waals surface area contributed by atoms with Gasteiger partial charge in [0.15, 0.2) is 0 Å². The normalized spacial score (nSPS) is 12.0. The number of hydrogen-bond donors (Lipinski definition) is 1. The number of para-hydroxylation sites is 1. The van der Waals surface area contributed by atoms with E-state index in [-0.39, 0.29) is 16.7 Å². The van der Waals surface area contributed by atoms with Gasteiger partial charge < -0.3 is 5.73 Å². The maximum absolute atomic E-state index is 10.8. The van der Waals surface area contributed by atoms with Crippen LogP contribution in [0, 0.1) is 10.1 Å². The summed E-state index contributed by atoms with van der Waals surface area (Å²) in [5.74, 6) is 0. The van der Waals surface area contributed by atoms with Gasteiger partial charge in [-0.25, -0.2) is 0 Å². The molecule has 0 radical (unpaired) electrons. The van der Waals surface area contributed by atoms with Gasteiger partial charge in [0.2, 0.25) is 6.54 Å². The smallest absolute Gasteiger partial charge is 0.220 e. The van der Waals surface area contributed by atoms with Crippen LogP contribution in [0.15, 0.2) is 59.5 Å². The average molecular weight is 274 g/mol. The highest BCUT2D eigenvalue weighted by Gasteiger charge is 2.19. The zero-order valence-electron chi connectivity index (χ0n) is 10.2. The molecule has 2 aromatic carbocycles. The highest BCUT2D eigenvalue weighted by Crippen LogP contribution is 2.37. The zero-order valence-corrected chi connectivity index (χ0v) is 11.0. The number of nitrogens with zero attached hydrogens (tertiary/aromatic N) is 1. The van der Waals surface area contributed by atoms with E-state index in [4.69, 9.17) is 5.73 Å². The summed E-state index contributed by atoms with van der Waals surface area (Å²) < 4.78 is 0. The molecular weight excluding hydrogens is 260 g/mol. The molecule has 98 valence electrons. The van der Waals surface area contributed by atoms with Crippen LogP contribution in [-0.4, -0.2) is 11.5 Å². The second kappa shape index (κ2) is 6.24. The molecule has 4 nitrogen and oxygen atoms in total. The first kappa shape index (κ1) is 13.4. The number of benzene rings is 2. The second-order valence-corrected chi connectivity index (χ2v) is 5.31. The standard InChI is InChI=1S/C14H14N2O2S/c15-12-8-4-5-9-13(12)19-14(10-16(17)18)11-6-2-1-3-7-11/h1-9,14H,10,15H2/t14-/m0/s1. The van der Waals surface area contributed by atoms with Crippen LogP contribution in [0.2, 0.25) is 0 Å². The topological polar surface area (TPSA) is 69.2 Å². The Morgan fingerprint density at radius 3 is 2.37 bits per heavy atom. The van der Waals surface area contributed by atoms with Crippen molar-refractivity contribution in [2.45, 2.75) is 10.1 Å². The number of nitrogen functional groups attached to an aromatic ring is 1. The van der Waals surface area contributed by atoms with Crippen molar-refractivity contribution >= 4 is 17.4 Å². The van der Waals surface area contributed by atoms with Crippen molar-refractivity contribution in [2.24, 2.45) is 0 Å². The maximum Gasteiger partial charge on any atom is 0.220 e. The van der Waals surface area contributed by atoms with Gasteiger partial charge >= 0.3 is 0 Å². The molecule has 0 unspecified atom stereocenters. The van der Waals surface area contributed by atoms with Crippen LogP contribution in [0.25, 0.3) is 0 Å². The van der Waals surface area contributed by atoms with Gasteiger partial charge in [0.25, 0.3) is 0 Å². The summed E-state index contributed by atoms with van der Waals surface area (Å²) in [4.78, 5) is 11.4. The highest BCUT2D eigenvalue weighted by molar-refractivity contribution is 7.99. The summed E-state index contributed by atoms with van der Waals surface area (Å²) in [5, 5.41) is 10.6. The summed E-state index contributed by atoms with van der Waals surface area (Å²) in [5.41, 5.74) is 7.47. The van der Waals surface area contributed by atoms with Gasteiger partial charge in [-0.15, -0.1) is 11.8 Å². The van der Waals surface area contributed by atoms with Crippen LogP contribution in [0.5, 0.6) is 0 Å². The first-order chi connectivity index (χ1) is 9.16. The fourth-order valence-electron chi connectivity index (χ4n) is 1.75. The first-order valence-electron chi connectivity index (χ1n) is 5.84. The van der Waals surface area contributed by atoms with Crippen molar-refractivity contribution in [1.82, 2.24) is 0 Å². The molecule has 0 aromatic heterocycles. The molecule has 0 heterocycles. The average Bonchev–Trinajstić information content (AvgIpc) is 2.41. The molecule has 2 rings (SSSR count). The third kappa shape index (κ3) is 3.72. The molecule has 0 aliphatic rings. The van der Waals surface area contributed by atoms with E-state index < -0.39 is 0 Å². The molecule has 2 aromatic rings. The molecule has 2 N–H and O–H groups in total. The van der Waals surface area contributed by atoms with E-state index in [0.717, 1.165) is 10.5 Å². The van der Waals surface area contributed by atoms with Gasteiger partial charge in [0, 0.05) is 15.5 Å². The Kier molecular flexibility index (Phi) is 4.41. The second-order valence-electron chi connectivity index (χ2n) is 4.07. The lowest BCUT2D eigenvalue weighted by molar-refractivity contribution is -0.479. The summed E-state index contributed by atoms with van der Waals surface area (Å²) in [6, 6.07) is 16.9. The Morgan fingerprint density at radius 1 is 1.11 bits per heavy atom. The Morgan fingerprint density at radius 2 is 1.74 bits per heavy atom. The summed E-state index contributed by atoms with van der Waals surface area (Å²) in [6.45, 7) is -0.122. The molecule has 0 saturated carbocycles. The molecule has 0 amide bonds. The predicted octanol–water partition coefficient (Wildman–Crippen LogP) is 3.38. The molecule has 0 bridgehead atoms. The first-order valence-corrected chi connectivity index (χ1v) is 6.72.